The Morgan fingerprint density at radius 3 is 3.04 bits per heavy atom. The van der Waals surface area contributed by atoms with Crippen LogP contribution in [-0.4, -0.2) is 49.2 Å². The second-order valence-corrected chi connectivity index (χ2v) is 7.16. The third-order valence-electron chi connectivity index (χ3n) is 5.15. The van der Waals surface area contributed by atoms with Gasteiger partial charge in [-0.3, -0.25) is 13.9 Å². The summed E-state index contributed by atoms with van der Waals surface area (Å²) in [6.07, 6.45) is 7.78. The molecule has 1 amide bonds. The van der Waals surface area contributed by atoms with Gasteiger partial charge in [0.05, 0.1) is 31.1 Å². The fourth-order valence-electron chi connectivity index (χ4n) is 3.48. The van der Waals surface area contributed by atoms with Gasteiger partial charge in [0.1, 0.15) is 11.3 Å². The highest BCUT2D eigenvalue weighted by Gasteiger charge is 2.30. The number of hydrogen-bond donors (Lipinski definition) is 0. The van der Waals surface area contributed by atoms with Crippen molar-refractivity contribution in [3.05, 3.63) is 54.2 Å². The largest absolute Gasteiger partial charge is 0.374 e. The molecule has 0 aromatic carbocycles. The Morgan fingerprint density at radius 2 is 2.15 bits per heavy atom. The van der Waals surface area contributed by atoms with Crippen molar-refractivity contribution in [1.82, 2.24) is 24.1 Å². The number of carbonyl (C=O) groups excluding carboxylic acids is 1. The molecule has 0 bridgehead atoms. The molecule has 7 nitrogen and oxygen atoms in total. The summed E-state index contributed by atoms with van der Waals surface area (Å²) in [6, 6.07) is 7.70. The van der Waals surface area contributed by atoms with Crippen molar-refractivity contribution >= 4 is 11.6 Å². The first-order chi connectivity index (χ1) is 12.8. The number of amides is 1. The Hall–Kier alpha value is -2.67. The number of carbonyl (C=O) groups is 1. The molecule has 1 aliphatic carbocycles. The van der Waals surface area contributed by atoms with Crippen molar-refractivity contribution < 1.29 is 9.53 Å². The molecule has 1 fully saturated rings. The van der Waals surface area contributed by atoms with Crippen LogP contribution in [0.5, 0.6) is 0 Å². The molecule has 1 atom stereocenters. The number of rotatable bonds is 4. The van der Waals surface area contributed by atoms with Gasteiger partial charge in [-0.1, -0.05) is 6.07 Å². The number of fused-ring (bicyclic) bond motifs is 2. The Kier molecular flexibility index (Phi) is 3.74. The van der Waals surface area contributed by atoms with Crippen LogP contribution < -0.4 is 0 Å². The van der Waals surface area contributed by atoms with Crippen LogP contribution in [0.3, 0.4) is 0 Å². The lowest BCUT2D eigenvalue weighted by atomic mass is 10.3. The molecule has 0 N–H and O–H groups in total. The number of imidazole rings is 1. The number of hydrogen-bond acceptors (Lipinski definition) is 4. The summed E-state index contributed by atoms with van der Waals surface area (Å²) >= 11 is 0. The molecule has 134 valence electrons. The minimum atomic E-state index is -0.0418. The summed E-state index contributed by atoms with van der Waals surface area (Å²) in [7, 11) is 0. The molecule has 3 aromatic heterocycles. The maximum absolute atomic E-state index is 13.2. The van der Waals surface area contributed by atoms with Crippen molar-refractivity contribution in [1.29, 1.82) is 0 Å². The van der Waals surface area contributed by atoms with E-state index >= 15 is 0 Å². The maximum Gasteiger partial charge on any atom is 0.272 e. The predicted molar refractivity (Wildman–Crippen MR) is 94.6 cm³/mol. The molecule has 4 heterocycles. The van der Waals surface area contributed by atoms with Crippen LogP contribution in [0.25, 0.3) is 5.65 Å². The average Bonchev–Trinajstić information content (AvgIpc) is 3.29. The van der Waals surface area contributed by atoms with Crippen molar-refractivity contribution in [2.75, 3.05) is 13.2 Å². The Bertz CT molecular complexity index is 942. The minimum absolute atomic E-state index is 0.0293. The van der Waals surface area contributed by atoms with Gasteiger partial charge in [-0.2, -0.15) is 5.10 Å². The highest BCUT2D eigenvalue weighted by molar-refractivity contribution is 5.93. The smallest absolute Gasteiger partial charge is 0.272 e. The fraction of sp³-hybridized carbons (Fsp3) is 0.421. The van der Waals surface area contributed by atoms with Crippen LogP contribution in [-0.2, 0) is 17.8 Å². The van der Waals surface area contributed by atoms with E-state index in [0.717, 1.165) is 17.9 Å². The monoisotopic (exact) mass is 351 g/mol. The van der Waals surface area contributed by atoms with E-state index in [1.165, 1.54) is 12.8 Å². The van der Waals surface area contributed by atoms with Gasteiger partial charge in [0, 0.05) is 25.5 Å². The van der Waals surface area contributed by atoms with Crippen molar-refractivity contribution in [3.63, 3.8) is 0 Å². The summed E-state index contributed by atoms with van der Waals surface area (Å²) in [5.74, 6) is 0.664. The molecule has 0 saturated heterocycles. The zero-order valence-corrected chi connectivity index (χ0v) is 14.5. The molecular weight excluding hydrogens is 330 g/mol. The van der Waals surface area contributed by atoms with Gasteiger partial charge in [-0.05, 0) is 37.0 Å². The van der Waals surface area contributed by atoms with Gasteiger partial charge in [0.15, 0.2) is 0 Å². The lowest BCUT2D eigenvalue weighted by molar-refractivity contribution is 0.0135. The van der Waals surface area contributed by atoms with E-state index in [0.29, 0.717) is 31.2 Å². The van der Waals surface area contributed by atoms with E-state index in [-0.39, 0.29) is 12.0 Å². The van der Waals surface area contributed by atoms with Gasteiger partial charge in [-0.25, -0.2) is 4.98 Å². The van der Waals surface area contributed by atoms with E-state index < -0.39 is 0 Å². The second kappa shape index (κ2) is 6.25. The first-order valence-electron chi connectivity index (χ1n) is 9.11. The van der Waals surface area contributed by atoms with Gasteiger partial charge in [0.2, 0.25) is 0 Å². The highest BCUT2D eigenvalue weighted by Crippen LogP contribution is 2.29. The molecule has 1 saturated carbocycles. The zero-order chi connectivity index (χ0) is 17.5. The molecular formula is C19H21N5O2. The van der Waals surface area contributed by atoms with Crippen LogP contribution in [0.4, 0.5) is 0 Å². The molecule has 3 aromatic rings. The van der Waals surface area contributed by atoms with Gasteiger partial charge in [0.25, 0.3) is 5.91 Å². The number of pyridine rings is 1. The number of nitrogens with zero attached hydrogens (tertiary/aromatic N) is 5. The predicted octanol–water partition coefficient (Wildman–Crippen LogP) is 1.98. The molecule has 1 aliphatic heterocycles. The Morgan fingerprint density at radius 1 is 1.23 bits per heavy atom. The van der Waals surface area contributed by atoms with Gasteiger partial charge in [-0.15, -0.1) is 0 Å². The zero-order valence-electron chi connectivity index (χ0n) is 14.5. The van der Waals surface area contributed by atoms with Crippen LogP contribution in [0.2, 0.25) is 0 Å². The van der Waals surface area contributed by atoms with Crippen LogP contribution in [0, 0.1) is 5.92 Å². The van der Waals surface area contributed by atoms with Crippen LogP contribution in [0.1, 0.15) is 29.0 Å². The number of aromatic nitrogens is 4. The first-order valence-corrected chi connectivity index (χ1v) is 9.11. The van der Waals surface area contributed by atoms with Crippen molar-refractivity contribution in [2.24, 2.45) is 5.92 Å². The van der Waals surface area contributed by atoms with Crippen molar-refractivity contribution in [3.8, 4) is 0 Å². The van der Waals surface area contributed by atoms with E-state index in [1.807, 2.05) is 44.4 Å². The van der Waals surface area contributed by atoms with E-state index in [4.69, 9.17) is 4.74 Å². The SMILES string of the molecule is O=C(c1cnc2ccccn12)N1Cc2ccnn2C[C@@H](OCC2CC2)C1. The van der Waals surface area contributed by atoms with Gasteiger partial charge >= 0.3 is 0 Å². The van der Waals surface area contributed by atoms with Gasteiger partial charge < -0.3 is 9.64 Å². The third kappa shape index (κ3) is 2.88. The molecule has 5 rings (SSSR count). The fourth-order valence-corrected chi connectivity index (χ4v) is 3.48. The lowest BCUT2D eigenvalue weighted by Crippen LogP contribution is -2.38. The molecule has 0 unspecified atom stereocenters. The summed E-state index contributed by atoms with van der Waals surface area (Å²) in [5, 5.41) is 4.40. The minimum Gasteiger partial charge on any atom is -0.374 e. The quantitative estimate of drug-likeness (QED) is 0.721. The summed E-state index contributed by atoms with van der Waals surface area (Å²) < 4.78 is 9.92. The third-order valence-corrected chi connectivity index (χ3v) is 5.15. The summed E-state index contributed by atoms with van der Waals surface area (Å²) in [6.45, 7) is 2.56. The molecule has 0 radical (unpaired) electrons. The highest BCUT2D eigenvalue weighted by atomic mass is 16.5. The summed E-state index contributed by atoms with van der Waals surface area (Å²) in [4.78, 5) is 19.4. The average molecular weight is 351 g/mol. The topological polar surface area (TPSA) is 64.7 Å². The first kappa shape index (κ1) is 15.6. The molecule has 7 heteroatoms. The van der Waals surface area contributed by atoms with Crippen LogP contribution in [0.15, 0.2) is 42.9 Å². The van der Waals surface area contributed by atoms with E-state index in [2.05, 4.69) is 10.1 Å². The lowest BCUT2D eigenvalue weighted by Gasteiger charge is -2.24. The normalized spacial score (nSPS) is 20.2. The van der Waals surface area contributed by atoms with Crippen molar-refractivity contribution in [2.45, 2.75) is 32.0 Å². The molecule has 26 heavy (non-hydrogen) atoms. The standard InChI is InChI=1S/C19H21N5O2/c25-19(17-9-20-18-3-1-2-8-23(17)18)22-10-15-6-7-21-24(15)12-16(11-22)26-13-14-4-5-14/h1-3,6-9,14,16H,4-5,10-13H2/t16-/m0/s1. The number of ether oxygens (including phenoxy) is 1. The molecule has 0 spiro atoms. The summed E-state index contributed by atoms with van der Waals surface area (Å²) in [5.41, 5.74) is 2.39. The van der Waals surface area contributed by atoms with E-state index in [9.17, 15) is 4.79 Å². The second-order valence-electron chi connectivity index (χ2n) is 7.16. The molecule has 2 aliphatic rings. The van der Waals surface area contributed by atoms with Crippen LogP contribution >= 0.6 is 0 Å². The Balaban J connectivity index is 1.43. The van der Waals surface area contributed by atoms with E-state index in [1.54, 1.807) is 12.4 Å². The Labute approximate surface area is 151 Å². The maximum atomic E-state index is 13.2.